The number of rotatable bonds is 10. The Balaban J connectivity index is 1.68. The van der Waals surface area contributed by atoms with E-state index >= 15 is 0 Å². The van der Waals surface area contributed by atoms with E-state index in [0.717, 1.165) is 30.3 Å². The van der Waals surface area contributed by atoms with Gasteiger partial charge in [0.2, 0.25) is 0 Å². The molecule has 0 radical (unpaired) electrons. The molecule has 2 rings (SSSR count). The third kappa shape index (κ3) is 6.94. The van der Waals surface area contributed by atoms with E-state index in [9.17, 15) is 0 Å². The highest BCUT2D eigenvalue weighted by Gasteiger charge is 2.02. The maximum absolute atomic E-state index is 5.43. The second kappa shape index (κ2) is 11.2. The van der Waals surface area contributed by atoms with Gasteiger partial charge in [-0.25, -0.2) is 4.68 Å². The Hall–Kier alpha value is -2.38. The Morgan fingerprint density at radius 1 is 1.12 bits per heavy atom. The van der Waals surface area contributed by atoms with Crippen molar-refractivity contribution in [1.82, 2.24) is 20.4 Å². The Morgan fingerprint density at radius 2 is 1.96 bits per heavy atom. The van der Waals surface area contributed by atoms with E-state index in [4.69, 9.17) is 9.47 Å². The zero-order chi connectivity index (χ0) is 17.7. The quantitative estimate of drug-likeness (QED) is 0.389. The summed E-state index contributed by atoms with van der Waals surface area (Å²) < 4.78 is 12.2. The van der Waals surface area contributed by atoms with Crippen LogP contribution >= 0.6 is 0 Å². The molecule has 0 saturated carbocycles. The number of aliphatic imine (C=N–C) groups is 1. The lowest BCUT2D eigenvalue weighted by Gasteiger charge is -2.11. The highest BCUT2D eigenvalue weighted by molar-refractivity contribution is 5.79. The standard InChI is InChI=1S/C18H27N5O2/c1-19-18(20-10-6-12-25-14-13-24-2)21-15-16-9-11-23(22-16)17-7-4-3-5-8-17/h3-5,7-9,11H,6,10,12-15H2,1-2H3,(H2,19,20,21). The first-order valence-corrected chi connectivity index (χ1v) is 8.44. The number of aromatic nitrogens is 2. The summed E-state index contributed by atoms with van der Waals surface area (Å²) in [6, 6.07) is 12.0. The number of ether oxygens (including phenoxy) is 2. The summed E-state index contributed by atoms with van der Waals surface area (Å²) in [5.74, 6) is 0.756. The number of nitrogens with zero attached hydrogens (tertiary/aromatic N) is 3. The van der Waals surface area contributed by atoms with E-state index in [-0.39, 0.29) is 0 Å². The number of nitrogens with one attached hydrogen (secondary N) is 2. The first kappa shape index (κ1) is 19.0. The molecule has 0 spiro atoms. The normalized spacial score (nSPS) is 11.5. The topological polar surface area (TPSA) is 72.7 Å². The second-order valence-electron chi connectivity index (χ2n) is 5.40. The monoisotopic (exact) mass is 345 g/mol. The summed E-state index contributed by atoms with van der Waals surface area (Å²) in [4.78, 5) is 4.21. The SMILES string of the molecule is CN=C(NCCCOCCOC)NCc1ccn(-c2ccccc2)n1. The minimum atomic E-state index is 0.615. The van der Waals surface area contributed by atoms with Gasteiger partial charge in [0.25, 0.3) is 0 Å². The van der Waals surface area contributed by atoms with Gasteiger partial charge in [-0.05, 0) is 24.6 Å². The summed E-state index contributed by atoms with van der Waals surface area (Å²) in [6.07, 6.45) is 2.87. The molecular formula is C18H27N5O2. The average molecular weight is 345 g/mol. The van der Waals surface area contributed by atoms with Crippen LogP contribution in [0.5, 0.6) is 0 Å². The molecule has 136 valence electrons. The van der Waals surface area contributed by atoms with Crippen molar-refractivity contribution in [1.29, 1.82) is 0 Å². The molecule has 1 aromatic heterocycles. The molecule has 7 heteroatoms. The molecule has 7 nitrogen and oxygen atoms in total. The molecule has 0 amide bonds. The van der Waals surface area contributed by atoms with Crippen LogP contribution in [0.4, 0.5) is 0 Å². The van der Waals surface area contributed by atoms with E-state index in [1.54, 1.807) is 14.2 Å². The van der Waals surface area contributed by atoms with Crippen molar-refractivity contribution in [2.24, 2.45) is 4.99 Å². The minimum Gasteiger partial charge on any atom is -0.382 e. The third-order valence-electron chi connectivity index (χ3n) is 3.52. The van der Waals surface area contributed by atoms with Crippen molar-refractivity contribution in [3.05, 3.63) is 48.3 Å². The Labute approximate surface area is 149 Å². The van der Waals surface area contributed by atoms with Crippen molar-refractivity contribution in [2.75, 3.05) is 40.5 Å². The molecule has 1 heterocycles. The zero-order valence-corrected chi connectivity index (χ0v) is 14.9. The second-order valence-corrected chi connectivity index (χ2v) is 5.40. The summed E-state index contributed by atoms with van der Waals surface area (Å²) in [5, 5.41) is 11.1. The molecule has 25 heavy (non-hydrogen) atoms. The number of hydrogen-bond acceptors (Lipinski definition) is 4. The van der Waals surface area contributed by atoms with Crippen LogP contribution in [0.1, 0.15) is 12.1 Å². The van der Waals surface area contributed by atoms with Crippen LogP contribution in [0.15, 0.2) is 47.6 Å². The van der Waals surface area contributed by atoms with E-state index < -0.39 is 0 Å². The van der Waals surface area contributed by atoms with Gasteiger partial charge in [-0.1, -0.05) is 18.2 Å². The van der Waals surface area contributed by atoms with Gasteiger partial charge in [0.05, 0.1) is 31.1 Å². The van der Waals surface area contributed by atoms with Crippen molar-refractivity contribution in [3.63, 3.8) is 0 Å². The number of benzene rings is 1. The number of guanidine groups is 1. The molecule has 2 N–H and O–H groups in total. The number of hydrogen-bond donors (Lipinski definition) is 2. The summed E-state index contributed by atoms with van der Waals surface area (Å²) in [7, 11) is 3.43. The van der Waals surface area contributed by atoms with Gasteiger partial charge in [0.15, 0.2) is 5.96 Å². The van der Waals surface area contributed by atoms with E-state index in [1.807, 2.05) is 47.3 Å². The van der Waals surface area contributed by atoms with Crippen molar-refractivity contribution in [3.8, 4) is 5.69 Å². The summed E-state index contributed by atoms with van der Waals surface area (Å²) in [5.41, 5.74) is 2.00. The lowest BCUT2D eigenvalue weighted by Crippen LogP contribution is -2.37. The molecule has 0 aliphatic heterocycles. The first-order valence-electron chi connectivity index (χ1n) is 8.44. The Bertz CT molecular complexity index is 627. The lowest BCUT2D eigenvalue weighted by molar-refractivity contribution is 0.0698. The minimum absolute atomic E-state index is 0.615. The van der Waals surface area contributed by atoms with Crippen molar-refractivity contribution >= 4 is 5.96 Å². The predicted octanol–water partition coefficient (Wildman–Crippen LogP) is 1.59. The van der Waals surface area contributed by atoms with Crippen LogP contribution in [0.25, 0.3) is 5.69 Å². The summed E-state index contributed by atoms with van der Waals surface area (Å²) >= 11 is 0. The van der Waals surface area contributed by atoms with Crippen LogP contribution in [-0.4, -0.2) is 56.3 Å². The molecule has 0 fully saturated rings. The molecule has 1 aromatic carbocycles. The molecule has 0 bridgehead atoms. The van der Waals surface area contributed by atoms with E-state index in [2.05, 4.69) is 20.7 Å². The largest absolute Gasteiger partial charge is 0.382 e. The van der Waals surface area contributed by atoms with Gasteiger partial charge in [0.1, 0.15) is 0 Å². The highest BCUT2D eigenvalue weighted by atomic mass is 16.5. The van der Waals surface area contributed by atoms with Gasteiger partial charge in [-0.15, -0.1) is 0 Å². The smallest absolute Gasteiger partial charge is 0.191 e. The van der Waals surface area contributed by atoms with Crippen LogP contribution < -0.4 is 10.6 Å². The molecular weight excluding hydrogens is 318 g/mol. The fourth-order valence-corrected chi connectivity index (χ4v) is 2.20. The van der Waals surface area contributed by atoms with Crippen molar-refractivity contribution < 1.29 is 9.47 Å². The van der Waals surface area contributed by atoms with Crippen LogP contribution in [-0.2, 0) is 16.0 Å². The molecule has 0 saturated heterocycles. The number of para-hydroxylation sites is 1. The third-order valence-corrected chi connectivity index (χ3v) is 3.52. The van der Waals surface area contributed by atoms with Gasteiger partial charge in [-0.3, -0.25) is 4.99 Å². The highest BCUT2D eigenvalue weighted by Crippen LogP contribution is 2.06. The van der Waals surface area contributed by atoms with Crippen molar-refractivity contribution in [2.45, 2.75) is 13.0 Å². The van der Waals surface area contributed by atoms with Gasteiger partial charge in [0, 0.05) is 33.5 Å². The van der Waals surface area contributed by atoms with Gasteiger partial charge >= 0.3 is 0 Å². The van der Waals surface area contributed by atoms with E-state index in [0.29, 0.717) is 26.4 Å². The maximum Gasteiger partial charge on any atom is 0.191 e. The Morgan fingerprint density at radius 3 is 2.72 bits per heavy atom. The van der Waals surface area contributed by atoms with Crippen LogP contribution in [0.3, 0.4) is 0 Å². The molecule has 0 aliphatic rings. The fourth-order valence-electron chi connectivity index (χ4n) is 2.20. The molecule has 0 unspecified atom stereocenters. The fraction of sp³-hybridized carbons (Fsp3) is 0.444. The average Bonchev–Trinajstić information content (AvgIpc) is 3.13. The van der Waals surface area contributed by atoms with E-state index in [1.165, 1.54) is 0 Å². The van der Waals surface area contributed by atoms with Crippen LogP contribution in [0.2, 0.25) is 0 Å². The molecule has 0 atom stereocenters. The maximum atomic E-state index is 5.43. The molecule has 0 aliphatic carbocycles. The van der Waals surface area contributed by atoms with Crippen LogP contribution in [0, 0.1) is 0 Å². The van der Waals surface area contributed by atoms with Gasteiger partial charge in [-0.2, -0.15) is 5.10 Å². The first-order chi connectivity index (χ1) is 12.3. The molecule has 2 aromatic rings. The lowest BCUT2D eigenvalue weighted by atomic mass is 10.3. The van der Waals surface area contributed by atoms with Gasteiger partial charge < -0.3 is 20.1 Å². The Kier molecular flexibility index (Phi) is 8.51. The summed E-state index contributed by atoms with van der Waals surface area (Å²) in [6.45, 7) is 3.38. The zero-order valence-electron chi connectivity index (χ0n) is 14.9. The predicted molar refractivity (Wildman–Crippen MR) is 99.1 cm³/mol. The number of methoxy groups -OCH3 is 1.